The fraction of sp³-hybridized carbons (Fsp3) is 0.200. The topological polar surface area (TPSA) is 74.6 Å². The molecular weight excluding hydrogens is 184 g/mol. The molecule has 0 saturated heterocycles. The summed E-state index contributed by atoms with van der Waals surface area (Å²) < 4.78 is 0. The first-order chi connectivity index (χ1) is 6.52. The number of hydrogen-bond acceptors (Lipinski definition) is 2. The van der Waals surface area contributed by atoms with Crippen molar-refractivity contribution in [2.45, 2.75) is 13.3 Å². The molecule has 0 amide bonds. The summed E-state index contributed by atoms with van der Waals surface area (Å²) in [6.07, 6.45) is 4.99. The molecule has 0 spiro atoms. The van der Waals surface area contributed by atoms with Crippen molar-refractivity contribution in [2.75, 3.05) is 0 Å². The summed E-state index contributed by atoms with van der Waals surface area (Å²) >= 11 is 0. The van der Waals surface area contributed by atoms with Gasteiger partial charge in [-0.3, -0.25) is 0 Å². The van der Waals surface area contributed by atoms with Gasteiger partial charge in [-0.2, -0.15) is 0 Å². The SMILES string of the molecule is CC1=CCC=C(C(=O)O)C(C(=O)O)=C1. The Bertz CT molecular complexity index is 372. The third-order valence-electron chi connectivity index (χ3n) is 1.88. The van der Waals surface area contributed by atoms with Gasteiger partial charge in [-0.15, -0.1) is 0 Å². The van der Waals surface area contributed by atoms with E-state index in [0.29, 0.717) is 6.42 Å². The second-order valence-corrected chi connectivity index (χ2v) is 2.97. The Labute approximate surface area is 80.9 Å². The second kappa shape index (κ2) is 3.91. The molecule has 4 nitrogen and oxygen atoms in total. The Morgan fingerprint density at radius 2 is 1.71 bits per heavy atom. The van der Waals surface area contributed by atoms with Crippen molar-refractivity contribution >= 4 is 11.9 Å². The molecule has 1 aliphatic rings. The Morgan fingerprint density at radius 3 is 2.21 bits per heavy atom. The van der Waals surface area contributed by atoms with Crippen LogP contribution in [0.5, 0.6) is 0 Å². The zero-order valence-electron chi connectivity index (χ0n) is 7.65. The van der Waals surface area contributed by atoms with E-state index in [-0.39, 0.29) is 11.1 Å². The highest BCUT2D eigenvalue weighted by Gasteiger charge is 2.20. The van der Waals surface area contributed by atoms with Crippen LogP contribution >= 0.6 is 0 Å². The standard InChI is InChI=1S/C10H10O4/c1-6-3-2-4-7(9(11)12)8(5-6)10(13)14/h3-5H,2H2,1H3,(H,11,12)(H,13,14). The van der Waals surface area contributed by atoms with Crippen molar-refractivity contribution in [3.8, 4) is 0 Å². The monoisotopic (exact) mass is 194 g/mol. The average Bonchev–Trinajstić information content (AvgIpc) is 2.26. The van der Waals surface area contributed by atoms with Crippen LogP contribution in [0, 0.1) is 0 Å². The quantitative estimate of drug-likeness (QED) is 0.695. The lowest BCUT2D eigenvalue weighted by molar-refractivity contribution is -0.136. The summed E-state index contributed by atoms with van der Waals surface area (Å²) in [5.74, 6) is -2.42. The molecular formula is C10H10O4. The predicted molar refractivity (Wildman–Crippen MR) is 49.8 cm³/mol. The summed E-state index contributed by atoms with van der Waals surface area (Å²) in [6.45, 7) is 1.74. The molecule has 2 N–H and O–H groups in total. The number of rotatable bonds is 2. The average molecular weight is 194 g/mol. The van der Waals surface area contributed by atoms with E-state index < -0.39 is 11.9 Å². The Morgan fingerprint density at radius 1 is 1.14 bits per heavy atom. The molecule has 0 radical (unpaired) electrons. The Hall–Kier alpha value is -1.84. The highest BCUT2D eigenvalue weighted by atomic mass is 16.4. The zero-order valence-corrected chi connectivity index (χ0v) is 7.65. The zero-order chi connectivity index (χ0) is 10.7. The molecule has 4 heteroatoms. The minimum atomic E-state index is -1.21. The van der Waals surface area contributed by atoms with Gasteiger partial charge in [0.25, 0.3) is 0 Å². The van der Waals surface area contributed by atoms with E-state index in [0.717, 1.165) is 5.57 Å². The minimum absolute atomic E-state index is 0.148. The van der Waals surface area contributed by atoms with Crippen LogP contribution in [0.1, 0.15) is 13.3 Å². The maximum Gasteiger partial charge on any atom is 0.336 e. The van der Waals surface area contributed by atoms with E-state index in [1.54, 1.807) is 13.0 Å². The number of carboxylic acids is 2. The van der Waals surface area contributed by atoms with Gasteiger partial charge in [0.1, 0.15) is 0 Å². The summed E-state index contributed by atoms with van der Waals surface area (Å²) in [5.41, 5.74) is 0.448. The van der Waals surface area contributed by atoms with Crippen LogP contribution in [0.4, 0.5) is 0 Å². The molecule has 1 aliphatic carbocycles. The van der Waals surface area contributed by atoms with Gasteiger partial charge in [0, 0.05) is 0 Å². The van der Waals surface area contributed by atoms with Gasteiger partial charge in [-0.05, 0) is 19.4 Å². The molecule has 0 aromatic heterocycles. The molecule has 0 unspecified atom stereocenters. The first-order valence-electron chi connectivity index (χ1n) is 4.08. The summed E-state index contributed by atoms with van der Waals surface area (Å²) in [4.78, 5) is 21.5. The van der Waals surface area contributed by atoms with Crippen molar-refractivity contribution in [2.24, 2.45) is 0 Å². The molecule has 1 rings (SSSR count). The number of allylic oxidation sites excluding steroid dienone is 4. The molecule has 0 heterocycles. The number of carboxylic acid groups (broad SMARTS) is 2. The lowest BCUT2D eigenvalue weighted by Crippen LogP contribution is -2.11. The van der Waals surface area contributed by atoms with Crippen molar-refractivity contribution in [1.82, 2.24) is 0 Å². The fourth-order valence-corrected chi connectivity index (χ4v) is 1.22. The first-order valence-corrected chi connectivity index (χ1v) is 4.08. The smallest absolute Gasteiger partial charge is 0.336 e. The molecule has 0 aromatic rings. The maximum absolute atomic E-state index is 10.8. The lowest BCUT2D eigenvalue weighted by Gasteiger charge is -2.01. The number of carbonyl (C=O) groups is 2. The van der Waals surface area contributed by atoms with Gasteiger partial charge < -0.3 is 10.2 Å². The van der Waals surface area contributed by atoms with E-state index >= 15 is 0 Å². The van der Waals surface area contributed by atoms with Crippen LogP contribution in [0.15, 0.2) is 34.9 Å². The normalized spacial score (nSPS) is 16.2. The predicted octanol–water partition coefficient (Wildman–Crippen LogP) is 1.36. The minimum Gasteiger partial charge on any atom is -0.478 e. The second-order valence-electron chi connectivity index (χ2n) is 2.97. The highest BCUT2D eigenvalue weighted by Crippen LogP contribution is 2.18. The summed E-state index contributed by atoms with van der Waals surface area (Å²) in [5, 5.41) is 17.6. The molecule has 14 heavy (non-hydrogen) atoms. The third kappa shape index (κ3) is 2.10. The van der Waals surface area contributed by atoms with Crippen molar-refractivity contribution < 1.29 is 19.8 Å². The van der Waals surface area contributed by atoms with Gasteiger partial charge in [0.2, 0.25) is 0 Å². The van der Waals surface area contributed by atoms with Crippen LogP contribution < -0.4 is 0 Å². The number of aliphatic carboxylic acids is 2. The van der Waals surface area contributed by atoms with E-state index in [4.69, 9.17) is 10.2 Å². The van der Waals surface area contributed by atoms with Gasteiger partial charge >= 0.3 is 11.9 Å². The maximum atomic E-state index is 10.8. The van der Waals surface area contributed by atoms with Gasteiger partial charge in [0.15, 0.2) is 0 Å². The van der Waals surface area contributed by atoms with E-state index in [1.807, 2.05) is 0 Å². The van der Waals surface area contributed by atoms with Crippen LogP contribution in [0.2, 0.25) is 0 Å². The van der Waals surface area contributed by atoms with Crippen LogP contribution in [-0.4, -0.2) is 22.2 Å². The molecule has 0 atom stereocenters. The first kappa shape index (κ1) is 10.2. The third-order valence-corrected chi connectivity index (χ3v) is 1.88. The van der Waals surface area contributed by atoms with Crippen LogP contribution in [-0.2, 0) is 9.59 Å². The molecule has 0 bridgehead atoms. The van der Waals surface area contributed by atoms with E-state index in [1.165, 1.54) is 12.2 Å². The van der Waals surface area contributed by atoms with Crippen molar-refractivity contribution in [1.29, 1.82) is 0 Å². The van der Waals surface area contributed by atoms with E-state index in [9.17, 15) is 9.59 Å². The Balaban J connectivity index is 3.19. The largest absolute Gasteiger partial charge is 0.478 e. The van der Waals surface area contributed by atoms with Gasteiger partial charge in [0.05, 0.1) is 11.1 Å². The molecule has 0 aromatic carbocycles. The summed E-state index contributed by atoms with van der Waals surface area (Å²) in [6, 6.07) is 0. The lowest BCUT2D eigenvalue weighted by atomic mass is 10.1. The fourth-order valence-electron chi connectivity index (χ4n) is 1.22. The van der Waals surface area contributed by atoms with Crippen molar-refractivity contribution in [3.63, 3.8) is 0 Å². The van der Waals surface area contributed by atoms with Gasteiger partial charge in [-0.1, -0.05) is 17.7 Å². The highest BCUT2D eigenvalue weighted by molar-refractivity contribution is 6.06. The van der Waals surface area contributed by atoms with E-state index in [2.05, 4.69) is 0 Å². The Kier molecular flexibility index (Phi) is 2.86. The molecule has 0 aliphatic heterocycles. The van der Waals surface area contributed by atoms with Crippen LogP contribution in [0.25, 0.3) is 0 Å². The molecule has 74 valence electrons. The molecule has 0 fully saturated rings. The molecule has 0 saturated carbocycles. The number of hydrogen-bond donors (Lipinski definition) is 2. The van der Waals surface area contributed by atoms with Crippen molar-refractivity contribution in [3.05, 3.63) is 34.9 Å². The van der Waals surface area contributed by atoms with Gasteiger partial charge in [-0.25, -0.2) is 9.59 Å². The summed E-state index contributed by atoms with van der Waals surface area (Å²) in [7, 11) is 0. The van der Waals surface area contributed by atoms with Crippen LogP contribution in [0.3, 0.4) is 0 Å².